The lowest BCUT2D eigenvalue weighted by molar-refractivity contribution is -0.138. The highest BCUT2D eigenvalue weighted by Gasteiger charge is 2.37. The average Bonchev–Trinajstić information content (AvgIpc) is 2.67. The number of anilines is 1. The number of nitrogens with zero attached hydrogens (tertiary/aromatic N) is 5. The van der Waals surface area contributed by atoms with Crippen LogP contribution in [0.25, 0.3) is 0 Å². The maximum atomic E-state index is 13.2. The lowest BCUT2D eigenvalue weighted by Gasteiger charge is -2.38. The molecule has 1 aliphatic rings. The summed E-state index contributed by atoms with van der Waals surface area (Å²) in [6.07, 6.45) is 0.352. The van der Waals surface area contributed by atoms with Crippen molar-refractivity contribution in [3.05, 3.63) is 47.9 Å². The van der Waals surface area contributed by atoms with Gasteiger partial charge in [-0.1, -0.05) is 0 Å². The van der Waals surface area contributed by atoms with Gasteiger partial charge in [-0.05, 0) is 31.0 Å². The van der Waals surface area contributed by atoms with E-state index in [1.165, 1.54) is 18.1 Å². The number of halogens is 3. The van der Waals surface area contributed by atoms with E-state index >= 15 is 0 Å². The normalized spacial score (nSPS) is 17.8. The molecule has 1 aliphatic heterocycles. The number of carbonyl (C=O) groups excluding carboxylic acids is 1. The van der Waals surface area contributed by atoms with E-state index in [9.17, 15) is 18.0 Å². The monoisotopic (exact) mass is 365 g/mol. The number of pyridine rings is 1. The number of piperidine rings is 1. The third-order valence-electron chi connectivity index (χ3n) is 4.50. The third-order valence-corrected chi connectivity index (χ3v) is 4.50. The van der Waals surface area contributed by atoms with Crippen LogP contribution < -0.4 is 4.90 Å². The lowest BCUT2D eigenvalue weighted by atomic mass is 10.0. The Morgan fingerprint density at radius 2 is 2.12 bits per heavy atom. The van der Waals surface area contributed by atoms with Gasteiger partial charge in [0.05, 0.1) is 11.1 Å². The van der Waals surface area contributed by atoms with Crippen LogP contribution in [0.2, 0.25) is 0 Å². The van der Waals surface area contributed by atoms with Gasteiger partial charge in [-0.3, -0.25) is 9.78 Å². The van der Waals surface area contributed by atoms with Crippen LogP contribution in [-0.4, -0.2) is 52.2 Å². The molecule has 1 unspecified atom stereocenters. The minimum atomic E-state index is -4.63. The minimum absolute atomic E-state index is 0.215. The molecule has 0 aromatic carbocycles. The predicted molar refractivity (Wildman–Crippen MR) is 88.6 cm³/mol. The van der Waals surface area contributed by atoms with Gasteiger partial charge < -0.3 is 9.80 Å². The fourth-order valence-corrected chi connectivity index (χ4v) is 3.10. The quantitative estimate of drug-likeness (QED) is 0.837. The highest BCUT2D eigenvalue weighted by atomic mass is 19.4. The summed E-state index contributed by atoms with van der Waals surface area (Å²) in [4.78, 5) is 19.6. The summed E-state index contributed by atoms with van der Waals surface area (Å²) in [5.74, 6) is 0.0312. The Balaban J connectivity index is 1.79. The molecule has 2 aromatic heterocycles. The first-order valence-corrected chi connectivity index (χ1v) is 8.19. The first-order valence-electron chi connectivity index (χ1n) is 8.19. The van der Waals surface area contributed by atoms with Gasteiger partial charge in [0.1, 0.15) is 0 Å². The van der Waals surface area contributed by atoms with Gasteiger partial charge in [-0.2, -0.15) is 18.3 Å². The molecule has 0 aliphatic carbocycles. The topological polar surface area (TPSA) is 62.2 Å². The molecule has 0 N–H and O–H groups in total. The van der Waals surface area contributed by atoms with Crippen LogP contribution in [-0.2, 0) is 6.18 Å². The number of rotatable bonds is 3. The number of hydrogen-bond acceptors (Lipinski definition) is 5. The Morgan fingerprint density at radius 3 is 2.81 bits per heavy atom. The van der Waals surface area contributed by atoms with E-state index < -0.39 is 17.6 Å². The van der Waals surface area contributed by atoms with Crippen LogP contribution in [0.4, 0.5) is 19.0 Å². The van der Waals surface area contributed by atoms with E-state index in [2.05, 4.69) is 15.2 Å². The molecule has 138 valence electrons. The Labute approximate surface area is 148 Å². The number of aromatic nitrogens is 3. The van der Waals surface area contributed by atoms with Crippen molar-refractivity contribution in [1.82, 2.24) is 20.1 Å². The zero-order valence-electron chi connectivity index (χ0n) is 14.1. The average molecular weight is 365 g/mol. The summed E-state index contributed by atoms with van der Waals surface area (Å²) >= 11 is 0. The summed E-state index contributed by atoms with van der Waals surface area (Å²) in [5.41, 5.74) is -1.40. The van der Waals surface area contributed by atoms with Gasteiger partial charge in [0.25, 0.3) is 5.91 Å². The standard InChI is InChI=1S/C17H18F3N5O/c1-24(16(26)13-6-8-21-10-14(13)17(18,19)20)12-4-3-9-25(11-12)15-5-2-7-22-23-15/h2,5-8,10,12H,3-4,9,11H2,1H3. The van der Waals surface area contributed by atoms with Crippen LogP contribution in [0.3, 0.4) is 0 Å². The van der Waals surface area contributed by atoms with Crippen molar-refractivity contribution in [2.75, 3.05) is 25.0 Å². The van der Waals surface area contributed by atoms with Crippen molar-refractivity contribution >= 4 is 11.7 Å². The van der Waals surface area contributed by atoms with Crippen LogP contribution in [0.15, 0.2) is 36.8 Å². The molecule has 0 spiro atoms. The Bertz CT molecular complexity index is 768. The highest BCUT2D eigenvalue weighted by molar-refractivity contribution is 5.95. The molecule has 0 saturated carbocycles. The first kappa shape index (κ1) is 18.1. The molecule has 3 rings (SSSR count). The summed E-state index contributed by atoms with van der Waals surface area (Å²) in [5, 5.41) is 7.91. The van der Waals surface area contributed by atoms with E-state index in [1.54, 1.807) is 12.3 Å². The molecule has 26 heavy (non-hydrogen) atoms. The van der Waals surface area contributed by atoms with Crippen LogP contribution >= 0.6 is 0 Å². The second-order valence-corrected chi connectivity index (χ2v) is 6.16. The number of carbonyl (C=O) groups is 1. The van der Waals surface area contributed by atoms with Crippen molar-refractivity contribution in [2.24, 2.45) is 0 Å². The molecule has 0 bridgehead atoms. The molecule has 3 heterocycles. The van der Waals surface area contributed by atoms with Crippen molar-refractivity contribution in [3.63, 3.8) is 0 Å². The van der Waals surface area contributed by atoms with E-state index in [-0.39, 0.29) is 11.6 Å². The molecule has 1 atom stereocenters. The zero-order valence-corrected chi connectivity index (χ0v) is 14.1. The van der Waals surface area contributed by atoms with Crippen LogP contribution in [0.5, 0.6) is 0 Å². The van der Waals surface area contributed by atoms with Crippen molar-refractivity contribution in [1.29, 1.82) is 0 Å². The van der Waals surface area contributed by atoms with Gasteiger partial charge in [0.2, 0.25) is 0 Å². The summed E-state index contributed by atoms with van der Waals surface area (Å²) in [6, 6.07) is 4.49. The van der Waals surface area contributed by atoms with E-state index in [1.807, 2.05) is 11.0 Å². The lowest BCUT2D eigenvalue weighted by Crippen LogP contribution is -2.49. The van der Waals surface area contributed by atoms with Gasteiger partial charge in [0, 0.05) is 44.8 Å². The van der Waals surface area contributed by atoms with Crippen molar-refractivity contribution in [3.8, 4) is 0 Å². The zero-order chi connectivity index (χ0) is 18.7. The van der Waals surface area contributed by atoms with Crippen LogP contribution in [0.1, 0.15) is 28.8 Å². The first-order chi connectivity index (χ1) is 12.4. The summed E-state index contributed by atoms with van der Waals surface area (Å²) in [7, 11) is 1.54. The minimum Gasteiger partial charge on any atom is -0.353 e. The fraction of sp³-hybridized carbons (Fsp3) is 0.412. The number of likely N-dealkylation sites (N-methyl/N-ethyl adjacent to an activating group) is 1. The van der Waals surface area contributed by atoms with Crippen LogP contribution in [0, 0.1) is 0 Å². The van der Waals surface area contributed by atoms with Gasteiger partial charge in [-0.25, -0.2) is 0 Å². The van der Waals surface area contributed by atoms with E-state index in [4.69, 9.17) is 0 Å². The summed E-state index contributed by atoms with van der Waals surface area (Å²) in [6.45, 7) is 1.26. The van der Waals surface area contributed by atoms with Gasteiger partial charge >= 0.3 is 6.18 Å². The Kier molecular flexibility index (Phi) is 5.06. The SMILES string of the molecule is CN(C(=O)c1ccncc1C(F)(F)F)C1CCCN(c2cccnn2)C1. The maximum Gasteiger partial charge on any atom is 0.418 e. The molecule has 1 fully saturated rings. The second kappa shape index (κ2) is 7.27. The number of hydrogen-bond donors (Lipinski definition) is 0. The largest absolute Gasteiger partial charge is 0.418 e. The number of alkyl halides is 3. The Hall–Kier alpha value is -2.71. The molecule has 2 aromatic rings. The highest BCUT2D eigenvalue weighted by Crippen LogP contribution is 2.32. The van der Waals surface area contributed by atoms with E-state index in [0.717, 1.165) is 19.0 Å². The molecule has 1 saturated heterocycles. The predicted octanol–water partition coefficient (Wildman–Crippen LogP) is 2.63. The maximum absolute atomic E-state index is 13.2. The second-order valence-electron chi connectivity index (χ2n) is 6.16. The smallest absolute Gasteiger partial charge is 0.353 e. The molecule has 6 nitrogen and oxygen atoms in total. The third kappa shape index (κ3) is 3.76. The molecular formula is C17H18F3N5O. The molecule has 1 amide bonds. The van der Waals surface area contributed by atoms with Crippen molar-refractivity contribution in [2.45, 2.75) is 25.1 Å². The number of amides is 1. The molecule has 9 heteroatoms. The van der Waals surface area contributed by atoms with E-state index in [0.29, 0.717) is 25.0 Å². The Morgan fingerprint density at radius 1 is 1.31 bits per heavy atom. The fourth-order valence-electron chi connectivity index (χ4n) is 3.10. The molecule has 0 radical (unpaired) electrons. The molecular weight excluding hydrogens is 347 g/mol. The summed E-state index contributed by atoms with van der Waals surface area (Å²) < 4.78 is 39.5. The van der Waals surface area contributed by atoms with Crippen molar-refractivity contribution < 1.29 is 18.0 Å². The van der Waals surface area contributed by atoms with Gasteiger partial charge in [0.15, 0.2) is 5.82 Å². The van der Waals surface area contributed by atoms with Gasteiger partial charge in [-0.15, -0.1) is 5.10 Å².